The van der Waals surface area contributed by atoms with Crippen molar-refractivity contribution in [1.82, 2.24) is 5.32 Å². The van der Waals surface area contributed by atoms with Gasteiger partial charge in [0.1, 0.15) is 5.82 Å². The highest BCUT2D eigenvalue weighted by molar-refractivity contribution is 5.78. The summed E-state index contributed by atoms with van der Waals surface area (Å²) < 4.78 is 17.8. The van der Waals surface area contributed by atoms with Crippen LogP contribution in [0.5, 0.6) is 0 Å². The van der Waals surface area contributed by atoms with Gasteiger partial charge in [-0.1, -0.05) is 12.1 Å². The van der Waals surface area contributed by atoms with Gasteiger partial charge in [-0.25, -0.2) is 9.38 Å². The van der Waals surface area contributed by atoms with E-state index in [1.54, 1.807) is 7.11 Å². The molecule has 5 heteroatoms. The zero-order valence-corrected chi connectivity index (χ0v) is 11.3. The first kappa shape index (κ1) is 13.8. The molecule has 1 aromatic rings. The number of guanidine groups is 1. The summed E-state index contributed by atoms with van der Waals surface area (Å²) in [6.07, 6.45) is 0.965. The Morgan fingerprint density at radius 1 is 1.53 bits per heavy atom. The Balaban J connectivity index is 1.87. The maximum atomic E-state index is 12.8. The van der Waals surface area contributed by atoms with E-state index in [0.29, 0.717) is 18.5 Å². The van der Waals surface area contributed by atoms with Crippen molar-refractivity contribution < 1.29 is 9.13 Å². The second-order valence-corrected chi connectivity index (χ2v) is 4.98. The average molecular weight is 265 g/mol. The molecule has 19 heavy (non-hydrogen) atoms. The Bertz CT molecular complexity index is 447. The molecule has 0 aromatic heterocycles. The smallest absolute Gasteiger partial charge is 0.189 e. The van der Waals surface area contributed by atoms with Gasteiger partial charge in [0.2, 0.25) is 0 Å². The van der Waals surface area contributed by atoms with E-state index in [1.165, 1.54) is 12.1 Å². The third kappa shape index (κ3) is 3.92. The number of rotatable bonds is 5. The molecule has 104 valence electrons. The van der Waals surface area contributed by atoms with Crippen molar-refractivity contribution in [2.75, 3.05) is 13.7 Å². The Hall–Kier alpha value is -1.62. The Kier molecular flexibility index (Phi) is 4.37. The maximum absolute atomic E-state index is 12.8. The van der Waals surface area contributed by atoms with E-state index in [1.807, 2.05) is 19.1 Å². The highest BCUT2D eigenvalue weighted by Gasteiger charge is 2.38. The van der Waals surface area contributed by atoms with Crippen LogP contribution in [0.3, 0.4) is 0 Å². The van der Waals surface area contributed by atoms with Gasteiger partial charge in [-0.15, -0.1) is 0 Å². The van der Waals surface area contributed by atoms with Crippen LogP contribution in [-0.4, -0.2) is 31.8 Å². The van der Waals surface area contributed by atoms with Crippen LogP contribution in [0.4, 0.5) is 4.39 Å². The molecule has 0 radical (unpaired) electrons. The number of methoxy groups -OCH3 is 1. The Labute approximate surface area is 112 Å². The van der Waals surface area contributed by atoms with Crippen molar-refractivity contribution in [2.24, 2.45) is 10.7 Å². The number of hydrogen-bond donors (Lipinski definition) is 2. The lowest BCUT2D eigenvalue weighted by Crippen LogP contribution is -2.40. The number of benzene rings is 1. The maximum Gasteiger partial charge on any atom is 0.189 e. The number of nitrogens with two attached hydrogens (primary N) is 1. The number of aliphatic imine (C=N–C) groups is 1. The minimum Gasteiger partial charge on any atom is -0.383 e. The zero-order valence-electron chi connectivity index (χ0n) is 11.3. The van der Waals surface area contributed by atoms with Gasteiger partial charge in [0.15, 0.2) is 5.96 Å². The largest absolute Gasteiger partial charge is 0.383 e. The molecule has 0 bridgehead atoms. The van der Waals surface area contributed by atoms with Crippen LogP contribution in [0.25, 0.3) is 0 Å². The van der Waals surface area contributed by atoms with Gasteiger partial charge in [-0.05, 0) is 31.0 Å². The standard InChI is InChI=1S/C14H20FN3O/c1-9(8-19-2)17-14(16)18-13-7-12(13)10-3-5-11(15)6-4-10/h3-6,9,12-13H,7-8H2,1-2H3,(H3,16,17,18)/t9?,12-,13+/m0/s1. The van der Waals surface area contributed by atoms with Gasteiger partial charge in [0, 0.05) is 19.1 Å². The molecule has 4 nitrogen and oxygen atoms in total. The lowest BCUT2D eigenvalue weighted by atomic mass is 10.1. The van der Waals surface area contributed by atoms with Crippen molar-refractivity contribution in [3.05, 3.63) is 35.6 Å². The van der Waals surface area contributed by atoms with Gasteiger partial charge in [-0.2, -0.15) is 0 Å². The molecule has 0 aliphatic heterocycles. The summed E-state index contributed by atoms with van der Waals surface area (Å²) in [5, 5.41) is 3.08. The number of nitrogens with zero attached hydrogens (tertiary/aromatic N) is 1. The molecule has 1 aliphatic rings. The van der Waals surface area contributed by atoms with Gasteiger partial charge in [0.25, 0.3) is 0 Å². The summed E-state index contributed by atoms with van der Waals surface area (Å²) in [6.45, 7) is 2.57. The molecule has 1 aromatic carbocycles. The van der Waals surface area contributed by atoms with E-state index >= 15 is 0 Å². The average Bonchev–Trinajstić information content (AvgIpc) is 3.09. The van der Waals surface area contributed by atoms with Crippen LogP contribution in [0.2, 0.25) is 0 Å². The van der Waals surface area contributed by atoms with E-state index < -0.39 is 0 Å². The molecule has 0 amide bonds. The summed E-state index contributed by atoms with van der Waals surface area (Å²) in [5.74, 6) is 0.594. The number of ether oxygens (including phenoxy) is 1. The molecule has 1 saturated carbocycles. The molecule has 1 aliphatic carbocycles. The van der Waals surface area contributed by atoms with Crippen LogP contribution < -0.4 is 11.1 Å². The monoisotopic (exact) mass is 265 g/mol. The molecule has 1 fully saturated rings. The minimum absolute atomic E-state index is 0.136. The summed E-state index contributed by atoms with van der Waals surface area (Å²) in [5.41, 5.74) is 6.95. The van der Waals surface area contributed by atoms with E-state index in [2.05, 4.69) is 10.3 Å². The molecule has 3 atom stereocenters. The third-order valence-electron chi connectivity index (χ3n) is 3.17. The fourth-order valence-electron chi connectivity index (χ4n) is 2.15. The van der Waals surface area contributed by atoms with Gasteiger partial charge in [-0.3, -0.25) is 0 Å². The fourth-order valence-corrected chi connectivity index (χ4v) is 2.15. The van der Waals surface area contributed by atoms with E-state index in [0.717, 1.165) is 12.0 Å². The topological polar surface area (TPSA) is 59.6 Å². The summed E-state index contributed by atoms with van der Waals surface area (Å²) in [6, 6.07) is 6.93. The minimum atomic E-state index is -0.209. The SMILES string of the molecule is COCC(C)NC(N)=N[C@@H]1C[C@H]1c1ccc(F)cc1. The highest BCUT2D eigenvalue weighted by Crippen LogP contribution is 2.43. The lowest BCUT2D eigenvalue weighted by molar-refractivity contribution is 0.179. The first-order valence-corrected chi connectivity index (χ1v) is 6.44. The van der Waals surface area contributed by atoms with Crippen molar-refractivity contribution in [3.8, 4) is 0 Å². The van der Waals surface area contributed by atoms with Crippen molar-refractivity contribution in [3.63, 3.8) is 0 Å². The van der Waals surface area contributed by atoms with Gasteiger partial charge in [0.05, 0.1) is 12.6 Å². The molecular weight excluding hydrogens is 245 g/mol. The van der Waals surface area contributed by atoms with Crippen LogP contribution >= 0.6 is 0 Å². The predicted octanol–water partition coefficient (Wildman–Crippen LogP) is 1.62. The highest BCUT2D eigenvalue weighted by atomic mass is 19.1. The summed E-state index contributed by atoms with van der Waals surface area (Å²) in [4.78, 5) is 4.42. The molecule has 0 spiro atoms. The molecular formula is C14H20FN3O. The fraction of sp³-hybridized carbons (Fsp3) is 0.500. The van der Waals surface area contributed by atoms with Crippen molar-refractivity contribution in [1.29, 1.82) is 0 Å². The van der Waals surface area contributed by atoms with Crippen molar-refractivity contribution >= 4 is 5.96 Å². The molecule has 1 unspecified atom stereocenters. The van der Waals surface area contributed by atoms with E-state index in [9.17, 15) is 4.39 Å². The third-order valence-corrected chi connectivity index (χ3v) is 3.17. The second kappa shape index (κ2) is 6.02. The number of nitrogens with one attached hydrogen (secondary N) is 1. The molecule has 2 rings (SSSR count). The van der Waals surface area contributed by atoms with Crippen LogP contribution in [0.1, 0.15) is 24.8 Å². The van der Waals surface area contributed by atoms with Crippen molar-refractivity contribution in [2.45, 2.75) is 31.3 Å². The summed E-state index contributed by atoms with van der Waals surface area (Å²) in [7, 11) is 1.65. The molecule has 0 saturated heterocycles. The van der Waals surface area contributed by atoms with Crippen LogP contribution in [0.15, 0.2) is 29.3 Å². The lowest BCUT2D eigenvalue weighted by Gasteiger charge is -2.12. The van der Waals surface area contributed by atoms with Crippen LogP contribution in [0, 0.1) is 5.82 Å². The predicted molar refractivity (Wildman–Crippen MR) is 73.6 cm³/mol. The molecule has 3 N–H and O–H groups in total. The summed E-state index contributed by atoms with van der Waals surface area (Å²) >= 11 is 0. The number of halogens is 1. The quantitative estimate of drug-likeness (QED) is 0.628. The van der Waals surface area contributed by atoms with E-state index in [-0.39, 0.29) is 17.9 Å². The second-order valence-electron chi connectivity index (χ2n) is 4.98. The zero-order chi connectivity index (χ0) is 13.8. The molecule has 0 heterocycles. The Morgan fingerprint density at radius 3 is 2.84 bits per heavy atom. The van der Waals surface area contributed by atoms with E-state index in [4.69, 9.17) is 10.5 Å². The number of hydrogen-bond acceptors (Lipinski definition) is 2. The van der Waals surface area contributed by atoms with Gasteiger partial charge >= 0.3 is 0 Å². The first-order valence-electron chi connectivity index (χ1n) is 6.44. The Morgan fingerprint density at radius 2 is 2.21 bits per heavy atom. The first-order chi connectivity index (χ1) is 9.10. The van der Waals surface area contributed by atoms with Gasteiger partial charge < -0.3 is 15.8 Å². The van der Waals surface area contributed by atoms with Crippen LogP contribution in [-0.2, 0) is 4.74 Å². The normalized spacial score (nSPS) is 24.1.